The Morgan fingerprint density at radius 3 is 2.56 bits per heavy atom. The van der Waals surface area contributed by atoms with Crippen molar-refractivity contribution in [1.82, 2.24) is 0 Å². The molecule has 0 aromatic heterocycles. The lowest BCUT2D eigenvalue weighted by Crippen LogP contribution is -2.10. The molecule has 0 spiro atoms. The fourth-order valence-corrected chi connectivity index (χ4v) is 1.73. The summed E-state index contributed by atoms with van der Waals surface area (Å²) in [6, 6.07) is 8.06. The maximum absolute atomic E-state index is 10.8. The second-order valence-corrected chi connectivity index (χ2v) is 4.07. The molecule has 0 amide bonds. The normalized spacial score (nSPS) is 13.6. The molecule has 1 atom stereocenters. The van der Waals surface area contributed by atoms with Crippen molar-refractivity contribution < 1.29 is 9.90 Å². The summed E-state index contributed by atoms with van der Waals surface area (Å²) in [5.41, 5.74) is 3.44. The molecule has 86 valence electrons. The molecule has 0 fully saturated rings. The lowest BCUT2D eigenvalue weighted by molar-refractivity contribution is -0.140. The highest BCUT2D eigenvalue weighted by molar-refractivity contribution is 5.75. The number of hydrogen-bond donors (Lipinski definition) is 1. The lowest BCUT2D eigenvalue weighted by atomic mass is 9.92. The van der Waals surface area contributed by atoms with E-state index in [4.69, 9.17) is 5.11 Å². The number of benzene rings is 1. The van der Waals surface area contributed by atoms with E-state index in [-0.39, 0.29) is 5.92 Å². The van der Waals surface area contributed by atoms with E-state index in [1.807, 2.05) is 44.2 Å². The first-order valence-electron chi connectivity index (χ1n) is 5.50. The van der Waals surface area contributed by atoms with Crippen molar-refractivity contribution in [2.24, 2.45) is 5.92 Å². The van der Waals surface area contributed by atoms with Gasteiger partial charge in [0.25, 0.3) is 0 Å². The lowest BCUT2D eigenvalue weighted by Gasteiger charge is -2.12. The number of carboxylic acids is 1. The minimum atomic E-state index is -0.743. The third-order valence-electron chi connectivity index (χ3n) is 2.79. The molecule has 2 heteroatoms. The first-order chi connectivity index (χ1) is 7.56. The van der Waals surface area contributed by atoms with Crippen LogP contribution in [0.2, 0.25) is 0 Å². The number of allylic oxidation sites excluding steroid dienone is 2. The second kappa shape index (κ2) is 5.50. The molecule has 0 radical (unpaired) electrons. The highest BCUT2D eigenvalue weighted by Crippen LogP contribution is 2.25. The van der Waals surface area contributed by atoms with Crippen molar-refractivity contribution >= 4 is 11.5 Å². The van der Waals surface area contributed by atoms with Crippen LogP contribution in [0.15, 0.2) is 30.3 Å². The van der Waals surface area contributed by atoms with Gasteiger partial charge in [-0.15, -0.1) is 0 Å². The van der Waals surface area contributed by atoms with Crippen molar-refractivity contribution in [3.63, 3.8) is 0 Å². The van der Waals surface area contributed by atoms with E-state index in [1.165, 1.54) is 5.56 Å². The number of carboxylic acid groups (broad SMARTS) is 1. The number of aryl methyl sites for hydroxylation is 1. The van der Waals surface area contributed by atoms with Gasteiger partial charge in [0.1, 0.15) is 0 Å². The molecule has 1 rings (SSSR count). The molecule has 1 N–H and O–H groups in total. The first kappa shape index (κ1) is 12.5. The number of carbonyl (C=O) groups is 1. The Morgan fingerprint density at radius 1 is 1.44 bits per heavy atom. The molecule has 2 nitrogen and oxygen atoms in total. The highest BCUT2D eigenvalue weighted by Gasteiger charge is 2.14. The zero-order valence-corrected chi connectivity index (χ0v) is 10.0. The molecule has 16 heavy (non-hydrogen) atoms. The average Bonchev–Trinajstić information content (AvgIpc) is 2.26. The van der Waals surface area contributed by atoms with Gasteiger partial charge in [0.2, 0.25) is 0 Å². The smallest absolute Gasteiger partial charge is 0.306 e. The monoisotopic (exact) mass is 218 g/mol. The van der Waals surface area contributed by atoms with Crippen molar-refractivity contribution in [3.8, 4) is 0 Å². The van der Waals surface area contributed by atoms with Gasteiger partial charge in [-0.05, 0) is 37.0 Å². The Hall–Kier alpha value is -1.57. The Labute approximate surface area is 96.6 Å². The van der Waals surface area contributed by atoms with Gasteiger partial charge in [0, 0.05) is 0 Å². The molecule has 0 aliphatic heterocycles. The van der Waals surface area contributed by atoms with Crippen molar-refractivity contribution in [1.29, 1.82) is 0 Å². The fourth-order valence-electron chi connectivity index (χ4n) is 1.73. The van der Waals surface area contributed by atoms with Gasteiger partial charge >= 0.3 is 5.97 Å². The van der Waals surface area contributed by atoms with E-state index in [0.29, 0.717) is 6.42 Å². The van der Waals surface area contributed by atoms with Crippen molar-refractivity contribution in [2.75, 3.05) is 0 Å². The molecule has 0 heterocycles. The topological polar surface area (TPSA) is 37.3 Å². The van der Waals surface area contributed by atoms with Gasteiger partial charge in [-0.1, -0.05) is 37.3 Å². The van der Waals surface area contributed by atoms with Crippen LogP contribution in [-0.2, 0) is 4.79 Å². The Balaban J connectivity index is 2.93. The van der Waals surface area contributed by atoms with Gasteiger partial charge in [0.15, 0.2) is 0 Å². The maximum atomic E-state index is 10.8. The molecule has 0 aliphatic rings. The van der Waals surface area contributed by atoms with Crippen LogP contribution >= 0.6 is 0 Å². The van der Waals surface area contributed by atoms with Gasteiger partial charge in [-0.25, -0.2) is 0 Å². The van der Waals surface area contributed by atoms with Crippen molar-refractivity contribution in [3.05, 3.63) is 41.5 Å². The summed E-state index contributed by atoms with van der Waals surface area (Å²) in [7, 11) is 0. The fraction of sp³-hybridized carbons (Fsp3) is 0.357. The van der Waals surface area contributed by atoms with E-state index in [2.05, 4.69) is 0 Å². The summed E-state index contributed by atoms with van der Waals surface area (Å²) in [6.07, 6.45) is 2.58. The van der Waals surface area contributed by atoms with E-state index >= 15 is 0 Å². The summed E-state index contributed by atoms with van der Waals surface area (Å²) in [5, 5.41) is 8.92. The second-order valence-electron chi connectivity index (χ2n) is 4.07. The van der Waals surface area contributed by atoms with E-state index in [9.17, 15) is 4.79 Å². The van der Waals surface area contributed by atoms with Crippen LogP contribution in [0.25, 0.3) is 5.57 Å². The molecule has 0 saturated heterocycles. The summed E-state index contributed by atoms with van der Waals surface area (Å²) in [5.74, 6) is -1.08. The van der Waals surface area contributed by atoms with E-state index < -0.39 is 5.97 Å². The minimum Gasteiger partial charge on any atom is -0.481 e. The zero-order chi connectivity index (χ0) is 12.1. The molecule has 0 aliphatic carbocycles. The van der Waals surface area contributed by atoms with Crippen LogP contribution in [0.5, 0.6) is 0 Å². The predicted molar refractivity (Wildman–Crippen MR) is 66.2 cm³/mol. The summed E-state index contributed by atoms with van der Waals surface area (Å²) < 4.78 is 0. The predicted octanol–water partition coefficient (Wildman–Crippen LogP) is 3.51. The van der Waals surface area contributed by atoms with Gasteiger partial charge < -0.3 is 5.11 Å². The van der Waals surface area contributed by atoms with Crippen LogP contribution in [0, 0.1) is 12.8 Å². The summed E-state index contributed by atoms with van der Waals surface area (Å²) in [4.78, 5) is 10.8. The standard InChI is InChI=1S/C14H18O2/c1-4-12(9-11(3)14(15)16)13-8-6-5-7-10(13)2/h4-8,11H,9H2,1-3H3,(H,15,16)/b12-4-. The van der Waals surface area contributed by atoms with E-state index in [0.717, 1.165) is 11.1 Å². The first-order valence-corrected chi connectivity index (χ1v) is 5.50. The Bertz CT molecular complexity index is 405. The van der Waals surface area contributed by atoms with E-state index in [1.54, 1.807) is 6.92 Å². The number of rotatable bonds is 4. The molecule has 0 saturated carbocycles. The SMILES string of the molecule is C/C=C(/CC(C)C(=O)O)c1ccccc1C. The van der Waals surface area contributed by atoms with Gasteiger partial charge in [-0.3, -0.25) is 4.79 Å². The van der Waals surface area contributed by atoms with Crippen LogP contribution in [0.4, 0.5) is 0 Å². The molecular weight excluding hydrogens is 200 g/mol. The third-order valence-corrected chi connectivity index (χ3v) is 2.79. The number of hydrogen-bond acceptors (Lipinski definition) is 1. The molecule has 0 bridgehead atoms. The summed E-state index contributed by atoms with van der Waals surface area (Å²) in [6.45, 7) is 5.74. The Morgan fingerprint density at radius 2 is 2.06 bits per heavy atom. The largest absolute Gasteiger partial charge is 0.481 e. The quantitative estimate of drug-likeness (QED) is 0.839. The minimum absolute atomic E-state index is 0.342. The van der Waals surface area contributed by atoms with Crippen LogP contribution < -0.4 is 0 Å². The maximum Gasteiger partial charge on any atom is 0.306 e. The van der Waals surface area contributed by atoms with Crippen LogP contribution in [-0.4, -0.2) is 11.1 Å². The summed E-state index contributed by atoms with van der Waals surface area (Å²) >= 11 is 0. The van der Waals surface area contributed by atoms with Crippen molar-refractivity contribution in [2.45, 2.75) is 27.2 Å². The van der Waals surface area contributed by atoms with Crippen LogP contribution in [0.3, 0.4) is 0 Å². The highest BCUT2D eigenvalue weighted by atomic mass is 16.4. The molecule has 1 unspecified atom stereocenters. The molecule has 1 aromatic carbocycles. The molecule has 1 aromatic rings. The van der Waals surface area contributed by atoms with Gasteiger partial charge in [0.05, 0.1) is 5.92 Å². The average molecular weight is 218 g/mol. The van der Waals surface area contributed by atoms with Gasteiger partial charge in [-0.2, -0.15) is 0 Å². The third kappa shape index (κ3) is 2.96. The number of aliphatic carboxylic acids is 1. The zero-order valence-electron chi connectivity index (χ0n) is 10.0. The Kier molecular flexibility index (Phi) is 4.29. The molecular formula is C14H18O2. The van der Waals surface area contributed by atoms with Crippen LogP contribution in [0.1, 0.15) is 31.4 Å².